The molecule has 0 saturated heterocycles. The number of anilines is 1. The van der Waals surface area contributed by atoms with Gasteiger partial charge in [0.2, 0.25) is 0 Å². The molecular formula is C30H28Cl2N4O3. The first-order chi connectivity index (χ1) is 18.9. The van der Waals surface area contributed by atoms with Crippen LogP contribution in [0.3, 0.4) is 0 Å². The second-order valence-electron chi connectivity index (χ2n) is 9.60. The highest BCUT2D eigenvalue weighted by molar-refractivity contribution is 6.40. The molecule has 5 rings (SSSR count). The standard InChI is InChI=1S/C30H28Cl2N4O3/c31-23-11-6-12-24(32)28(23)29(38)34-21-13-14-27(37)22(17-21)25-18-26(20-9-4-5-10-20)36(35-25)30(39)33-16-15-19-7-2-1-3-8-19/h1-3,6-8,11-14,17-18,20,37H,4-5,9-10,15-16H2,(H,33,39)(H,34,38). The summed E-state index contributed by atoms with van der Waals surface area (Å²) in [5.74, 6) is -0.286. The van der Waals surface area contributed by atoms with Gasteiger partial charge in [-0.3, -0.25) is 4.79 Å². The molecule has 200 valence electrons. The van der Waals surface area contributed by atoms with E-state index in [9.17, 15) is 14.7 Å². The van der Waals surface area contributed by atoms with Crippen LogP contribution in [0.15, 0.2) is 72.8 Å². The van der Waals surface area contributed by atoms with Crippen molar-refractivity contribution in [2.75, 3.05) is 11.9 Å². The minimum Gasteiger partial charge on any atom is -0.507 e. The number of nitrogens with one attached hydrogen (secondary N) is 2. The molecule has 39 heavy (non-hydrogen) atoms. The Morgan fingerprint density at radius 1 is 0.949 bits per heavy atom. The molecule has 7 nitrogen and oxygen atoms in total. The Balaban J connectivity index is 1.40. The van der Waals surface area contributed by atoms with E-state index in [2.05, 4.69) is 15.7 Å². The van der Waals surface area contributed by atoms with Crippen molar-refractivity contribution >= 4 is 40.8 Å². The summed E-state index contributed by atoms with van der Waals surface area (Å²) in [7, 11) is 0. The second-order valence-corrected chi connectivity index (χ2v) is 10.4. The number of nitrogens with zero attached hydrogens (tertiary/aromatic N) is 2. The zero-order valence-corrected chi connectivity index (χ0v) is 22.7. The average molecular weight is 563 g/mol. The van der Waals surface area contributed by atoms with Crippen molar-refractivity contribution in [3.63, 3.8) is 0 Å². The van der Waals surface area contributed by atoms with Crippen LogP contribution in [0.5, 0.6) is 5.75 Å². The number of phenolic OH excluding ortho intramolecular Hbond substituents is 1. The summed E-state index contributed by atoms with van der Waals surface area (Å²) >= 11 is 12.4. The molecule has 0 atom stereocenters. The van der Waals surface area contributed by atoms with Crippen LogP contribution in [0, 0.1) is 0 Å². The Kier molecular flexibility index (Phi) is 8.19. The third-order valence-electron chi connectivity index (χ3n) is 6.96. The second kappa shape index (κ2) is 11.9. The highest BCUT2D eigenvalue weighted by atomic mass is 35.5. The number of amides is 2. The van der Waals surface area contributed by atoms with E-state index in [1.807, 2.05) is 36.4 Å². The molecule has 0 bridgehead atoms. The van der Waals surface area contributed by atoms with Crippen LogP contribution in [0.2, 0.25) is 10.0 Å². The lowest BCUT2D eigenvalue weighted by molar-refractivity contribution is 0.102. The summed E-state index contributed by atoms with van der Waals surface area (Å²) in [6.07, 6.45) is 4.85. The van der Waals surface area contributed by atoms with Crippen LogP contribution < -0.4 is 10.6 Å². The SMILES string of the molecule is O=C(Nc1ccc(O)c(-c2cc(C3CCCC3)n(C(=O)NCCc3ccccc3)n2)c1)c1c(Cl)cccc1Cl. The monoisotopic (exact) mass is 562 g/mol. The van der Waals surface area contributed by atoms with Crippen molar-refractivity contribution in [3.8, 4) is 17.0 Å². The number of hydrogen-bond donors (Lipinski definition) is 3. The van der Waals surface area contributed by atoms with E-state index in [1.165, 1.54) is 10.7 Å². The third kappa shape index (κ3) is 6.10. The summed E-state index contributed by atoms with van der Waals surface area (Å²) in [6.45, 7) is 0.472. The molecule has 0 radical (unpaired) electrons. The van der Waals surface area contributed by atoms with E-state index in [1.54, 1.807) is 30.3 Å². The lowest BCUT2D eigenvalue weighted by Gasteiger charge is -2.12. The summed E-state index contributed by atoms with van der Waals surface area (Å²) < 4.78 is 1.42. The Labute approximate surface area is 236 Å². The van der Waals surface area contributed by atoms with Crippen molar-refractivity contribution in [2.45, 2.75) is 38.0 Å². The van der Waals surface area contributed by atoms with Gasteiger partial charge in [-0.25, -0.2) is 4.79 Å². The average Bonchev–Trinajstić information content (AvgIpc) is 3.61. The van der Waals surface area contributed by atoms with Gasteiger partial charge in [-0.15, -0.1) is 0 Å². The fraction of sp³-hybridized carbons (Fsp3) is 0.233. The van der Waals surface area contributed by atoms with Gasteiger partial charge in [0.05, 0.1) is 27.0 Å². The summed E-state index contributed by atoms with van der Waals surface area (Å²) in [4.78, 5) is 26.1. The maximum Gasteiger partial charge on any atom is 0.342 e. The van der Waals surface area contributed by atoms with E-state index < -0.39 is 5.91 Å². The molecular weight excluding hydrogens is 535 g/mol. The Hall–Kier alpha value is -3.81. The minimum absolute atomic E-state index is 0.0177. The fourth-order valence-corrected chi connectivity index (χ4v) is 5.53. The molecule has 1 aliphatic carbocycles. The zero-order chi connectivity index (χ0) is 27.4. The lowest BCUT2D eigenvalue weighted by Crippen LogP contribution is -2.32. The molecule has 1 saturated carbocycles. The first-order valence-electron chi connectivity index (χ1n) is 12.9. The Morgan fingerprint density at radius 2 is 1.67 bits per heavy atom. The smallest absolute Gasteiger partial charge is 0.342 e. The molecule has 4 aromatic rings. The summed E-state index contributed by atoms with van der Waals surface area (Å²) in [6, 6.07) is 21.0. The molecule has 0 spiro atoms. The van der Waals surface area contributed by atoms with Gasteiger partial charge in [0.25, 0.3) is 5.91 Å². The van der Waals surface area contributed by atoms with Crippen molar-refractivity contribution < 1.29 is 14.7 Å². The minimum atomic E-state index is -0.475. The van der Waals surface area contributed by atoms with Gasteiger partial charge in [-0.1, -0.05) is 72.4 Å². The summed E-state index contributed by atoms with van der Waals surface area (Å²) in [5, 5.41) is 21.5. The van der Waals surface area contributed by atoms with E-state index in [4.69, 9.17) is 23.2 Å². The number of phenols is 1. The van der Waals surface area contributed by atoms with Gasteiger partial charge < -0.3 is 15.7 Å². The number of hydrogen-bond acceptors (Lipinski definition) is 4. The highest BCUT2D eigenvalue weighted by Crippen LogP contribution is 2.38. The molecule has 2 amide bonds. The number of carbonyl (C=O) groups excluding carboxylic acids is 2. The van der Waals surface area contributed by atoms with Crippen LogP contribution in [-0.4, -0.2) is 33.4 Å². The summed E-state index contributed by atoms with van der Waals surface area (Å²) in [5.41, 5.74) is 3.38. The normalized spacial score (nSPS) is 13.4. The van der Waals surface area contributed by atoms with Crippen LogP contribution in [0.1, 0.15) is 53.2 Å². The molecule has 1 aliphatic rings. The molecule has 1 fully saturated rings. The maximum absolute atomic E-state index is 13.2. The van der Waals surface area contributed by atoms with Crippen LogP contribution >= 0.6 is 23.2 Å². The van der Waals surface area contributed by atoms with E-state index in [0.717, 1.165) is 36.9 Å². The Bertz CT molecular complexity index is 1480. The van der Waals surface area contributed by atoms with Gasteiger partial charge in [-0.05, 0) is 61.2 Å². The van der Waals surface area contributed by atoms with Crippen LogP contribution in [-0.2, 0) is 6.42 Å². The molecule has 1 heterocycles. The topological polar surface area (TPSA) is 96.2 Å². The molecule has 9 heteroatoms. The number of rotatable bonds is 7. The number of carbonyl (C=O) groups is 2. The molecule has 1 aromatic heterocycles. The number of aromatic nitrogens is 2. The predicted molar refractivity (Wildman–Crippen MR) is 154 cm³/mol. The van der Waals surface area contributed by atoms with E-state index in [-0.39, 0.29) is 33.3 Å². The number of halogens is 2. The van der Waals surface area contributed by atoms with Crippen LogP contribution in [0.4, 0.5) is 10.5 Å². The maximum atomic E-state index is 13.2. The van der Waals surface area contributed by atoms with Crippen molar-refractivity contribution in [3.05, 3.63) is 99.7 Å². The van der Waals surface area contributed by atoms with E-state index >= 15 is 0 Å². The Morgan fingerprint density at radius 3 is 2.38 bits per heavy atom. The van der Waals surface area contributed by atoms with Gasteiger partial charge in [0, 0.05) is 23.7 Å². The van der Waals surface area contributed by atoms with Gasteiger partial charge in [-0.2, -0.15) is 9.78 Å². The largest absolute Gasteiger partial charge is 0.507 e. The first kappa shape index (κ1) is 26.8. The first-order valence-corrected chi connectivity index (χ1v) is 13.7. The zero-order valence-electron chi connectivity index (χ0n) is 21.2. The van der Waals surface area contributed by atoms with Crippen LogP contribution in [0.25, 0.3) is 11.3 Å². The fourth-order valence-electron chi connectivity index (χ4n) is 4.96. The quantitative estimate of drug-likeness (QED) is 0.206. The predicted octanol–water partition coefficient (Wildman–Crippen LogP) is 7.27. The van der Waals surface area contributed by atoms with Gasteiger partial charge in [0.15, 0.2) is 0 Å². The highest BCUT2D eigenvalue weighted by Gasteiger charge is 2.26. The molecule has 0 unspecified atom stereocenters. The third-order valence-corrected chi connectivity index (χ3v) is 7.59. The molecule has 3 N–H and O–H groups in total. The van der Waals surface area contributed by atoms with Crippen molar-refractivity contribution in [1.29, 1.82) is 0 Å². The number of aromatic hydroxyl groups is 1. The van der Waals surface area contributed by atoms with E-state index in [0.29, 0.717) is 29.9 Å². The van der Waals surface area contributed by atoms with Gasteiger partial charge >= 0.3 is 6.03 Å². The molecule has 3 aromatic carbocycles. The van der Waals surface area contributed by atoms with Crippen molar-refractivity contribution in [2.24, 2.45) is 0 Å². The number of benzene rings is 3. The molecule has 0 aliphatic heterocycles. The lowest BCUT2D eigenvalue weighted by atomic mass is 10.0. The van der Waals surface area contributed by atoms with Crippen molar-refractivity contribution in [1.82, 2.24) is 15.1 Å². The van der Waals surface area contributed by atoms with Gasteiger partial charge in [0.1, 0.15) is 5.75 Å².